The average molecular weight is 782 g/mol. The third-order valence-corrected chi connectivity index (χ3v) is 11.1. The summed E-state index contributed by atoms with van der Waals surface area (Å²) in [5, 5.41) is 32.6. The number of unbranched alkanes of at least 4 members (excludes halogenated alkanes) is 15. The van der Waals surface area contributed by atoms with Gasteiger partial charge in [0.2, 0.25) is 0 Å². The van der Waals surface area contributed by atoms with Crippen LogP contribution in [0.25, 0.3) is 21.5 Å². The van der Waals surface area contributed by atoms with E-state index in [9.17, 15) is 4.79 Å². The van der Waals surface area contributed by atoms with E-state index in [1.54, 1.807) is 0 Å². The molecule has 0 bridgehead atoms. The second-order valence-electron chi connectivity index (χ2n) is 15.9. The number of fused-ring (bicyclic) bond motifs is 1. The number of hydrogen-bond donors (Lipinski definition) is 3. The van der Waals surface area contributed by atoms with Crippen molar-refractivity contribution in [2.45, 2.75) is 129 Å². The first-order chi connectivity index (χ1) is 28.5. The monoisotopic (exact) mass is 782 g/mol. The molecule has 0 aromatic heterocycles. The molecular formula is C49H63N7O2. The van der Waals surface area contributed by atoms with Crippen molar-refractivity contribution in [3.8, 4) is 0 Å². The molecule has 6 rings (SSSR count). The quantitative estimate of drug-likeness (QED) is 0.0427. The van der Waals surface area contributed by atoms with Gasteiger partial charge in [-0.3, -0.25) is 0 Å². The summed E-state index contributed by atoms with van der Waals surface area (Å²) in [4.78, 5) is 12.5. The van der Waals surface area contributed by atoms with Gasteiger partial charge in [0.05, 0.1) is 29.4 Å². The van der Waals surface area contributed by atoms with Gasteiger partial charge in [0.1, 0.15) is 5.66 Å². The number of alkyl carbamates (subject to hydrolysis) is 1. The van der Waals surface area contributed by atoms with E-state index in [0.717, 1.165) is 68.5 Å². The Morgan fingerprint density at radius 2 is 1.03 bits per heavy atom. The summed E-state index contributed by atoms with van der Waals surface area (Å²) >= 11 is 0. The van der Waals surface area contributed by atoms with Gasteiger partial charge < -0.3 is 20.7 Å². The largest absolute Gasteiger partial charge is 0.449 e. The molecule has 5 aromatic carbocycles. The molecular weight excluding hydrogens is 719 g/mol. The molecule has 3 N–H and O–H groups in total. The predicted molar refractivity (Wildman–Crippen MR) is 242 cm³/mol. The molecule has 306 valence electrons. The van der Waals surface area contributed by atoms with Crippen LogP contribution in [0.3, 0.4) is 0 Å². The van der Waals surface area contributed by atoms with Crippen molar-refractivity contribution in [1.29, 1.82) is 0 Å². The minimum absolute atomic E-state index is 0.291. The molecule has 1 aliphatic rings. The molecule has 1 atom stereocenters. The summed E-state index contributed by atoms with van der Waals surface area (Å²) in [6.07, 6.45) is 21.6. The highest BCUT2D eigenvalue weighted by Gasteiger charge is 2.30. The average Bonchev–Trinajstić information content (AvgIpc) is 3.24. The third-order valence-electron chi connectivity index (χ3n) is 11.1. The lowest BCUT2D eigenvalue weighted by Crippen LogP contribution is -2.46. The molecule has 5 aromatic rings. The lowest BCUT2D eigenvalue weighted by molar-refractivity contribution is 0.139. The number of carbonyl (C=O) groups excluding carboxylic acids is 1. The van der Waals surface area contributed by atoms with Crippen LogP contribution in [0.5, 0.6) is 0 Å². The number of nitrogens with zero attached hydrogens (tertiary/aromatic N) is 4. The molecule has 0 radical (unpaired) electrons. The zero-order valence-electron chi connectivity index (χ0n) is 34.8. The smallest absolute Gasteiger partial charge is 0.407 e. The van der Waals surface area contributed by atoms with Crippen LogP contribution in [0, 0.1) is 0 Å². The maximum atomic E-state index is 12.5. The van der Waals surface area contributed by atoms with Crippen molar-refractivity contribution in [3.63, 3.8) is 0 Å². The Labute approximate surface area is 345 Å². The molecule has 0 aliphatic carbocycles. The van der Waals surface area contributed by atoms with Crippen molar-refractivity contribution in [3.05, 3.63) is 97.1 Å². The van der Waals surface area contributed by atoms with E-state index < -0.39 is 5.66 Å². The molecule has 1 heterocycles. The molecule has 0 saturated heterocycles. The van der Waals surface area contributed by atoms with Crippen LogP contribution in [-0.2, 0) is 4.74 Å². The summed E-state index contributed by atoms with van der Waals surface area (Å²) in [7, 11) is 0. The van der Waals surface area contributed by atoms with Crippen molar-refractivity contribution >= 4 is 61.8 Å². The fourth-order valence-corrected chi connectivity index (χ4v) is 7.86. The van der Waals surface area contributed by atoms with Gasteiger partial charge in [-0.15, -0.1) is 15.3 Å². The van der Waals surface area contributed by atoms with Gasteiger partial charge in [-0.05, 0) is 55.8 Å². The number of azo groups is 2. The number of hydrogen-bond acceptors (Lipinski definition) is 8. The predicted octanol–water partition coefficient (Wildman–Crippen LogP) is 15.8. The van der Waals surface area contributed by atoms with E-state index in [1.165, 1.54) is 89.9 Å². The summed E-state index contributed by atoms with van der Waals surface area (Å²) in [5.41, 5.74) is 4.60. The van der Waals surface area contributed by atoms with E-state index in [1.807, 2.05) is 78.9 Å². The van der Waals surface area contributed by atoms with Crippen LogP contribution < -0.4 is 16.0 Å². The Morgan fingerprint density at radius 3 is 1.64 bits per heavy atom. The molecule has 9 nitrogen and oxygen atoms in total. The van der Waals surface area contributed by atoms with Gasteiger partial charge in [-0.25, -0.2) is 4.79 Å². The molecule has 0 spiro atoms. The van der Waals surface area contributed by atoms with E-state index >= 15 is 0 Å². The van der Waals surface area contributed by atoms with E-state index in [2.05, 4.69) is 58.2 Å². The zero-order chi connectivity index (χ0) is 40.3. The van der Waals surface area contributed by atoms with Crippen molar-refractivity contribution < 1.29 is 9.53 Å². The van der Waals surface area contributed by atoms with Crippen LogP contribution in [0.15, 0.2) is 118 Å². The Kier molecular flexibility index (Phi) is 16.5. The lowest BCUT2D eigenvalue weighted by Gasteiger charge is -2.38. The van der Waals surface area contributed by atoms with Gasteiger partial charge >= 0.3 is 6.09 Å². The van der Waals surface area contributed by atoms with Crippen molar-refractivity contribution in [2.75, 3.05) is 23.8 Å². The van der Waals surface area contributed by atoms with Crippen LogP contribution >= 0.6 is 0 Å². The minimum Gasteiger partial charge on any atom is -0.449 e. The fraction of sp³-hybridized carbons (Fsp3) is 0.449. The maximum Gasteiger partial charge on any atom is 0.407 e. The Bertz CT molecular complexity index is 2090. The molecule has 1 aliphatic heterocycles. The fourth-order valence-electron chi connectivity index (χ4n) is 7.86. The molecule has 58 heavy (non-hydrogen) atoms. The molecule has 0 fully saturated rings. The summed E-state index contributed by atoms with van der Waals surface area (Å²) < 4.78 is 5.60. The zero-order valence-corrected chi connectivity index (χ0v) is 34.8. The van der Waals surface area contributed by atoms with Gasteiger partial charge in [-0.1, -0.05) is 158 Å². The number of benzene rings is 5. The summed E-state index contributed by atoms with van der Waals surface area (Å²) in [5.74, 6) is 0. The summed E-state index contributed by atoms with van der Waals surface area (Å²) in [6, 6.07) is 31.9. The highest BCUT2D eigenvalue weighted by atomic mass is 16.5. The highest BCUT2D eigenvalue weighted by molar-refractivity contribution is 6.09. The first kappa shape index (κ1) is 42.3. The molecule has 0 saturated carbocycles. The van der Waals surface area contributed by atoms with Crippen molar-refractivity contribution in [2.24, 2.45) is 20.5 Å². The second-order valence-corrected chi connectivity index (χ2v) is 15.9. The first-order valence-corrected chi connectivity index (χ1v) is 22.0. The summed E-state index contributed by atoms with van der Waals surface area (Å²) in [6.45, 7) is 5.32. The normalized spacial score (nSPS) is 14.9. The number of carbonyl (C=O) groups is 1. The Balaban J connectivity index is 0.910. The van der Waals surface area contributed by atoms with Crippen LogP contribution in [0.2, 0.25) is 0 Å². The number of amides is 1. The number of nitrogens with one attached hydrogen (secondary N) is 3. The van der Waals surface area contributed by atoms with E-state index in [4.69, 9.17) is 15.0 Å². The van der Waals surface area contributed by atoms with E-state index in [0.29, 0.717) is 19.6 Å². The van der Waals surface area contributed by atoms with Gasteiger partial charge in [0, 0.05) is 45.9 Å². The van der Waals surface area contributed by atoms with Gasteiger partial charge in [0.15, 0.2) is 0 Å². The third kappa shape index (κ3) is 12.6. The van der Waals surface area contributed by atoms with Gasteiger partial charge in [0.25, 0.3) is 0 Å². The topological polar surface area (TPSA) is 112 Å². The Hall–Kier alpha value is -5.31. The maximum absolute atomic E-state index is 12.5. The highest BCUT2D eigenvalue weighted by Crippen LogP contribution is 2.43. The second kappa shape index (κ2) is 22.6. The number of anilines is 2. The first-order valence-electron chi connectivity index (χ1n) is 22.0. The number of rotatable bonds is 24. The number of ether oxygens (including phenoxy) is 1. The minimum atomic E-state index is -0.503. The van der Waals surface area contributed by atoms with Crippen LogP contribution in [0.1, 0.15) is 123 Å². The van der Waals surface area contributed by atoms with Crippen molar-refractivity contribution in [1.82, 2.24) is 5.32 Å². The molecule has 1 unspecified atom stereocenters. The standard InChI is InChI=1S/C49H63N7O2/c1-3-4-5-6-7-8-9-10-11-12-13-14-15-16-17-23-36-50-48(57)58-37-35-49(2)51-45-30-24-29-41-44(33-34-46(52-49)47(41)45)56-55-43-32-31-42(39-27-21-22-28-40(39)43)54-53-38-25-19-18-20-26-38/h18-22,24-34,51-52H,3-17,23,35-37H2,1-2H3,(H,50,57). The van der Waals surface area contributed by atoms with E-state index in [-0.39, 0.29) is 6.09 Å². The van der Waals surface area contributed by atoms with Crippen LogP contribution in [-0.4, -0.2) is 24.9 Å². The molecule has 1 amide bonds. The Morgan fingerprint density at radius 1 is 0.552 bits per heavy atom. The van der Waals surface area contributed by atoms with Gasteiger partial charge in [-0.2, -0.15) is 5.11 Å². The molecule has 9 heteroatoms. The van der Waals surface area contributed by atoms with Crippen LogP contribution in [0.4, 0.5) is 38.9 Å². The lowest BCUT2D eigenvalue weighted by atomic mass is 9.97. The SMILES string of the molecule is CCCCCCCCCCCCCCCCCCNC(=O)OCCC1(C)Nc2cccc3c(N=Nc4ccc(N=Nc5ccccc5)c5ccccc45)ccc(c23)N1.